The molecule has 0 atom stereocenters. The lowest BCUT2D eigenvalue weighted by Gasteiger charge is -2.66. The molecule has 4 N–H and O–H groups in total. The Kier molecular flexibility index (Phi) is 6.16. The molecule has 0 aliphatic heterocycles. The van der Waals surface area contributed by atoms with Crippen LogP contribution in [0.1, 0.15) is 66.2 Å². The SMILES string of the molecule is C=C(C)C(=O)O.C=C(C)C(=O)O.CC12CC3(C)CC(O)(C1)CC(O)(C2)C3. The molecule has 4 rings (SSSR count). The first-order chi connectivity index (χ1) is 11.5. The molecule has 0 heterocycles. The van der Waals surface area contributed by atoms with E-state index in [0.717, 1.165) is 25.7 Å². The molecule has 148 valence electrons. The summed E-state index contributed by atoms with van der Waals surface area (Å²) >= 11 is 0. The zero-order valence-electron chi connectivity index (χ0n) is 16.3. The summed E-state index contributed by atoms with van der Waals surface area (Å²) in [6, 6.07) is 0. The maximum absolute atomic E-state index is 10.4. The van der Waals surface area contributed by atoms with Gasteiger partial charge in [-0.1, -0.05) is 27.0 Å². The summed E-state index contributed by atoms with van der Waals surface area (Å²) in [5.41, 5.74) is -0.398. The van der Waals surface area contributed by atoms with Crippen LogP contribution in [-0.4, -0.2) is 43.6 Å². The van der Waals surface area contributed by atoms with Crippen LogP contribution in [0.25, 0.3) is 0 Å². The van der Waals surface area contributed by atoms with Crippen LogP contribution in [0.15, 0.2) is 24.3 Å². The third-order valence-corrected chi connectivity index (χ3v) is 5.27. The van der Waals surface area contributed by atoms with Crippen molar-refractivity contribution in [1.29, 1.82) is 0 Å². The highest BCUT2D eigenvalue weighted by molar-refractivity contribution is 5.85. The molecule has 0 aromatic heterocycles. The predicted molar refractivity (Wildman–Crippen MR) is 98.7 cm³/mol. The van der Waals surface area contributed by atoms with Crippen molar-refractivity contribution in [2.75, 3.05) is 0 Å². The maximum atomic E-state index is 10.4. The molecule has 0 aromatic carbocycles. The van der Waals surface area contributed by atoms with Gasteiger partial charge in [0.1, 0.15) is 0 Å². The van der Waals surface area contributed by atoms with E-state index in [9.17, 15) is 19.8 Å². The Labute approximate surface area is 155 Å². The van der Waals surface area contributed by atoms with Crippen molar-refractivity contribution in [2.45, 2.75) is 77.4 Å². The summed E-state index contributed by atoms with van der Waals surface area (Å²) in [5.74, 6) is -1.87. The second-order valence-corrected chi connectivity index (χ2v) is 9.30. The lowest BCUT2D eigenvalue weighted by molar-refractivity contribution is -0.251. The van der Waals surface area contributed by atoms with Crippen LogP contribution >= 0.6 is 0 Å². The van der Waals surface area contributed by atoms with Crippen LogP contribution in [-0.2, 0) is 9.59 Å². The number of hydrogen-bond acceptors (Lipinski definition) is 4. The van der Waals surface area contributed by atoms with Gasteiger partial charge in [0.15, 0.2) is 0 Å². The van der Waals surface area contributed by atoms with Gasteiger partial charge in [0.2, 0.25) is 0 Å². The van der Waals surface area contributed by atoms with Crippen molar-refractivity contribution < 1.29 is 30.0 Å². The minimum atomic E-state index is -0.935. The molecule has 26 heavy (non-hydrogen) atoms. The number of carbonyl (C=O) groups is 2. The number of aliphatic hydroxyl groups is 2. The van der Waals surface area contributed by atoms with Crippen LogP contribution in [0.3, 0.4) is 0 Å². The molecular weight excluding hydrogens is 336 g/mol. The summed E-state index contributed by atoms with van der Waals surface area (Å²) in [6.07, 6.45) is 5.40. The first-order valence-electron chi connectivity index (χ1n) is 8.75. The quantitative estimate of drug-likeness (QED) is 0.557. The maximum Gasteiger partial charge on any atom is 0.330 e. The number of rotatable bonds is 2. The van der Waals surface area contributed by atoms with Gasteiger partial charge >= 0.3 is 11.9 Å². The lowest BCUT2D eigenvalue weighted by atomic mass is 9.42. The number of carboxylic acids is 2. The molecule has 6 heteroatoms. The molecule has 0 aromatic rings. The van der Waals surface area contributed by atoms with Gasteiger partial charge < -0.3 is 20.4 Å². The zero-order chi connectivity index (χ0) is 20.6. The van der Waals surface area contributed by atoms with Crippen LogP contribution in [0.2, 0.25) is 0 Å². The minimum Gasteiger partial charge on any atom is -0.478 e. The highest BCUT2D eigenvalue weighted by Crippen LogP contribution is 2.67. The largest absolute Gasteiger partial charge is 0.478 e. The van der Waals surface area contributed by atoms with E-state index in [1.807, 2.05) is 0 Å². The van der Waals surface area contributed by atoms with Crippen LogP contribution < -0.4 is 0 Å². The van der Waals surface area contributed by atoms with E-state index in [2.05, 4.69) is 27.0 Å². The van der Waals surface area contributed by atoms with Crippen molar-refractivity contribution in [2.24, 2.45) is 10.8 Å². The third kappa shape index (κ3) is 5.68. The first kappa shape index (κ1) is 22.4. The van der Waals surface area contributed by atoms with Crippen molar-refractivity contribution in [1.82, 2.24) is 0 Å². The number of carboxylic acid groups (broad SMARTS) is 2. The normalized spacial score (nSPS) is 39.0. The Morgan fingerprint density at radius 1 is 0.692 bits per heavy atom. The van der Waals surface area contributed by atoms with Gasteiger partial charge in [-0.2, -0.15) is 0 Å². The molecule has 4 aliphatic carbocycles. The van der Waals surface area contributed by atoms with Gasteiger partial charge in [0.05, 0.1) is 11.2 Å². The standard InChI is InChI=1S/C12H20O2.2C4H6O2/c1-9-3-10(2)6-11(13,4-9)8-12(14,5-9)7-10;2*1-3(2)4(5)6/h13-14H,3-8H2,1-2H3;2*1H2,2H3,(H,5,6). The fourth-order valence-corrected chi connectivity index (χ4v) is 5.57. The van der Waals surface area contributed by atoms with E-state index in [1.54, 1.807) is 0 Å². The summed E-state index contributed by atoms with van der Waals surface area (Å²) in [7, 11) is 0. The van der Waals surface area contributed by atoms with Gasteiger partial charge in [-0.15, -0.1) is 0 Å². The molecule has 6 nitrogen and oxygen atoms in total. The topological polar surface area (TPSA) is 115 Å². The summed E-state index contributed by atoms with van der Waals surface area (Å²) in [6.45, 7) is 13.7. The van der Waals surface area contributed by atoms with E-state index in [-0.39, 0.29) is 22.0 Å². The Bertz CT molecular complexity index is 476. The van der Waals surface area contributed by atoms with E-state index in [0.29, 0.717) is 6.42 Å². The highest BCUT2D eigenvalue weighted by Gasteiger charge is 2.64. The van der Waals surface area contributed by atoms with Crippen LogP contribution in [0.5, 0.6) is 0 Å². The smallest absolute Gasteiger partial charge is 0.330 e. The van der Waals surface area contributed by atoms with Gasteiger partial charge in [-0.3, -0.25) is 0 Å². The van der Waals surface area contributed by atoms with Crippen LogP contribution in [0, 0.1) is 10.8 Å². The van der Waals surface area contributed by atoms with Gasteiger partial charge in [-0.25, -0.2) is 9.59 Å². The molecule has 4 saturated carbocycles. The van der Waals surface area contributed by atoms with E-state index in [4.69, 9.17) is 10.2 Å². The molecule has 0 spiro atoms. The molecule has 4 aliphatic rings. The predicted octanol–water partition coefficient (Wildman–Crippen LogP) is 3.14. The van der Waals surface area contributed by atoms with Crippen LogP contribution in [0.4, 0.5) is 0 Å². The molecule has 4 bridgehead atoms. The molecule has 0 saturated heterocycles. The molecule has 0 radical (unpaired) electrons. The van der Waals surface area contributed by atoms with Gasteiger partial charge in [0.25, 0.3) is 0 Å². The zero-order valence-corrected chi connectivity index (χ0v) is 16.3. The Morgan fingerprint density at radius 2 is 0.923 bits per heavy atom. The Balaban J connectivity index is 0.000000238. The monoisotopic (exact) mass is 368 g/mol. The van der Waals surface area contributed by atoms with Gasteiger partial charge in [-0.05, 0) is 56.8 Å². The average Bonchev–Trinajstić information content (AvgIpc) is 2.32. The molecule has 0 amide bonds. The molecule has 0 unspecified atom stereocenters. The second kappa shape index (κ2) is 7.16. The average molecular weight is 368 g/mol. The lowest BCUT2D eigenvalue weighted by Crippen LogP contribution is -2.65. The van der Waals surface area contributed by atoms with Crippen molar-refractivity contribution in [3.05, 3.63) is 24.3 Å². The summed E-state index contributed by atoms with van der Waals surface area (Å²) in [4.78, 5) is 19.2. The fraction of sp³-hybridized carbons (Fsp3) is 0.700. The first-order valence-corrected chi connectivity index (χ1v) is 8.75. The van der Waals surface area contributed by atoms with E-state index in [1.165, 1.54) is 20.3 Å². The van der Waals surface area contributed by atoms with E-state index >= 15 is 0 Å². The van der Waals surface area contributed by atoms with Gasteiger partial charge in [0, 0.05) is 17.6 Å². The Hall–Kier alpha value is -1.66. The van der Waals surface area contributed by atoms with E-state index < -0.39 is 23.1 Å². The van der Waals surface area contributed by atoms with Crippen molar-refractivity contribution in [3.8, 4) is 0 Å². The molecule has 4 fully saturated rings. The summed E-state index contributed by atoms with van der Waals surface area (Å²) < 4.78 is 0. The molecular formula is C20H32O6. The minimum absolute atomic E-state index is 0.176. The highest BCUT2D eigenvalue weighted by atomic mass is 16.4. The third-order valence-electron chi connectivity index (χ3n) is 5.27. The van der Waals surface area contributed by atoms with Crippen molar-refractivity contribution in [3.63, 3.8) is 0 Å². The number of aliphatic carboxylic acids is 2. The summed E-state index contributed by atoms with van der Waals surface area (Å²) in [5, 5.41) is 36.7. The Morgan fingerprint density at radius 3 is 1.08 bits per heavy atom. The number of hydrogen-bond donors (Lipinski definition) is 4. The fourth-order valence-electron chi connectivity index (χ4n) is 5.57. The second-order valence-electron chi connectivity index (χ2n) is 9.30. The van der Waals surface area contributed by atoms with Crippen molar-refractivity contribution >= 4 is 11.9 Å².